The molecule has 48 heavy (non-hydrogen) atoms. The van der Waals surface area contributed by atoms with Crippen molar-refractivity contribution in [1.82, 2.24) is 0 Å². The van der Waals surface area contributed by atoms with E-state index in [0.717, 1.165) is 21.9 Å². The zero-order valence-electron chi connectivity index (χ0n) is 28.0. The van der Waals surface area contributed by atoms with E-state index in [1.165, 1.54) is 0 Å². The van der Waals surface area contributed by atoms with Crippen molar-refractivity contribution < 1.29 is 38.1 Å². The Bertz CT molecular complexity index is 1970. The van der Waals surface area contributed by atoms with Gasteiger partial charge in [-0.05, 0) is 73.6 Å². The summed E-state index contributed by atoms with van der Waals surface area (Å²) in [5.41, 5.74) is -4.29. The summed E-state index contributed by atoms with van der Waals surface area (Å²) >= 11 is 0. The van der Waals surface area contributed by atoms with Crippen LogP contribution in [0.25, 0.3) is 32.7 Å². The van der Waals surface area contributed by atoms with E-state index in [4.69, 9.17) is 18.9 Å². The Labute approximate surface area is 278 Å². The maximum atomic E-state index is 14.1. The maximum Gasteiger partial charge on any atom is 0.356 e. The minimum absolute atomic E-state index is 0.338. The Kier molecular flexibility index (Phi) is 6.03. The minimum atomic E-state index is -1.38. The average Bonchev–Trinajstić information content (AvgIpc) is 3.52. The van der Waals surface area contributed by atoms with E-state index in [1.807, 2.05) is 102 Å². The van der Waals surface area contributed by atoms with Crippen molar-refractivity contribution in [1.29, 1.82) is 0 Å². The van der Waals surface area contributed by atoms with Crippen LogP contribution in [0.1, 0.15) is 67.2 Å². The average molecular weight is 647 g/mol. The second-order valence-corrected chi connectivity index (χ2v) is 15.4. The first-order valence-corrected chi connectivity index (χ1v) is 16.6. The van der Waals surface area contributed by atoms with E-state index in [0.29, 0.717) is 48.0 Å². The second kappa shape index (κ2) is 9.46. The fraction of sp³-hybridized carbons (Fsp3) is 0.400. The van der Waals surface area contributed by atoms with Crippen LogP contribution in [0.15, 0.2) is 72.8 Å². The summed E-state index contributed by atoms with van der Waals surface area (Å²) in [5, 5.41) is 3.06. The second-order valence-electron chi connectivity index (χ2n) is 15.4. The third-order valence-corrected chi connectivity index (χ3v) is 13.3. The molecule has 2 saturated heterocycles. The van der Waals surface area contributed by atoms with E-state index in [-0.39, 0.29) is 11.9 Å². The van der Waals surface area contributed by atoms with Gasteiger partial charge in [0.05, 0.1) is 10.8 Å². The highest BCUT2D eigenvalue weighted by Gasteiger charge is 2.77. The van der Waals surface area contributed by atoms with Crippen LogP contribution in [0, 0.1) is 21.7 Å². The zero-order valence-corrected chi connectivity index (χ0v) is 28.0. The molecule has 0 N–H and O–H groups in total. The molecule has 2 saturated carbocycles. The van der Waals surface area contributed by atoms with Crippen molar-refractivity contribution in [2.45, 2.75) is 78.4 Å². The lowest BCUT2D eigenvalue weighted by atomic mass is 9.66. The molecule has 4 aliphatic rings. The van der Waals surface area contributed by atoms with E-state index in [2.05, 4.69) is 0 Å². The van der Waals surface area contributed by atoms with Crippen LogP contribution in [-0.4, -0.2) is 35.1 Å². The summed E-state index contributed by atoms with van der Waals surface area (Å²) in [5.74, 6) is -1.24. The highest BCUT2D eigenvalue weighted by Crippen LogP contribution is 2.67. The highest BCUT2D eigenvalue weighted by atomic mass is 16.6. The lowest BCUT2D eigenvalue weighted by molar-refractivity contribution is -0.176. The van der Waals surface area contributed by atoms with Crippen LogP contribution in [0.2, 0.25) is 0 Å². The van der Waals surface area contributed by atoms with Crippen LogP contribution < -0.4 is 9.47 Å². The highest BCUT2D eigenvalue weighted by molar-refractivity contribution is 6.11. The molecule has 0 spiro atoms. The summed E-state index contributed by atoms with van der Waals surface area (Å²) in [6, 6.07) is 22.7. The fourth-order valence-corrected chi connectivity index (χ4v) is 9.00. The van der Waals surface area contributed by atoms with Gasteiger partial charge in [0.15, 0.2) is 0 Å². The Morgan fingerprint density at radius 2 is 0.896 bits per heavy atom. The van der Waals surface area contributed by atoms with Crippen molar-refractivity contribution in [3.8, 4) is 22.6 Å². The molecule has 4 aromatic rings. The SMILES string of the molecule is CC1(C)[C@@]2(C)CC[C@]1(C(=O)Oc1cccc3cccc(-c4cccc5cccc(OC(=O)[C@@]67CC[C@@](C)(C(=O)O6)C7(C)C)c45)c13)OC2=O. The monoisotopic (exact) mass is 646 g/mol. The number of ether oxygens (including phenoxy) is 4. The van der Waals surface area contributed by atoms with Crippen LogP contribution in [0.4, 0.5) is 0 Å². The Hall–Kier alpha value is -4.72. The molecule has 0 amide bonds. The molecule has 4 fully saturated rings. The van der Waals surface area contributed by atoms with Crippen molar-refractivity contribution >= 4 is 45.4 Å². The zero-order chi connectivity index (χ0) is 34.1. The molecule has 8 nitrogen and oxygen atoms in total. The molecule has 2 aliphatic heterocycles. The van der Waals surface area contributed by atoms with Gasteiger partial charge < -0.3 is 18.9 Å². The number of hydrogen-bond donors (Lipinski definition) is 0. The number of hydrogen-bond acceptors (Lipinski definition) is 8. The third-order valence-electron chi connectivity index (χ3n) is 13.3. The summed E-state index contributed by atoms with van der Waals surface area (Å²) in [6.07, 6.45) is 1.87. The molecule has 2 aliphatic carbocycles. The number of esters is 4. The molecule has 8 heteroatoms. The fourth-order valence-electron chi connectivity index (χ4n) is 9.00. The van der Waals surface area contributed by atoms with Gasteiger partial charge in [-0.1, -0.05) is 88.4 Å². The van der Waals surface area contributed by atoms with Crippen LogP contribution in [-0.2, 0) is 28.7 Å². The summed E-state index contributed by atoms with van der Waals surface area (Å²) in [6.45, 7) is 11.3. The molecule has 4 bridgehead atoms. The van der Waals surface area contributed by atoms with Gasteiger partial charge in [0.2, 0.25) is 11.2 Å². The first-order chi connectivity index (χ1) is 22.6. The number of carbonyl (C=O) groups is 4. The van der Waals surface area contributed by atoms with Gasteiger partial charge in [0.1, 0.15) is 11.5 Å². The molecule has 0 aromatic heterocycles. The number of rotatable bonds is 5. The van der Waals surface area contributed by atoms with Crippen molar-refractivity contribution in [2.75, 3.05) is 0 Å². The van der Waals surface area contributed by atoms with E-state index in [9.17, 15) is 19.2 Å². The quantitative estimate of drug-likeness (QED) is 0.160. The molecular formula is C40H38O8. The first kappa shape index (κ1) is 30.6. The van der Waals surface area contributed by atoms with Crippen molar-refractivity contribution in [2.24, 2.45) is 21.7 Å². The number of fused-ring (bicyclic) bond motifs is 6. The normalized spacial score (nSPS) is 30.8. The standard InChI is InChI=1S/C40H38O8/c1-35(2)37(5)19-21-39(35,47-31(37)41)33(43)45-27-17-9-13-23-11-7-15-25(29(23)27)26-16-8-12-24-14-10-18-28(30(24)26)46-34(44)40-22-20-38(6,32(42)48-40)36(40,3)4/h7-18H,19-22H2,1-6H3/t37-,38-,39+,40+/m0/s1. The van der Waals surface area contributed by atoms with Crippen molar-refractivity contribution in [3.05, 3.63) is 72.8 Å². The molecule has 0 radical (unpaired) electrons. The first-order valence-electron chi connectivity index (χ1n) is 16.6. The van der Waals surface area contributed by atoms with Gasteiger partial charge in [-0.25, -0.2) is 9.59 Å². The van der Waals surface area contributed by atoms with Gasteiger partial charge >= 0.3 is 23.9 Å². The number of carbonyl (C=O) groups excluding carboxylic acids is 4. The molecule has 4 atom stereocenters. The number of benzene rings is 4. The topological polar surface area (TPSA) is 105 Å². The van der Waals surface area contributed by atoms with Crippen LogP contribution >= 0.6 is 0 Å². The van der Waals surface area contributed by atoms with Gasteiger partial charge in [-0.3, -0.25) is 9.59 Å². The summed E-state index contributed by atoms with van der Waals surface area (Å²) in [4.78, 5) is 54.0. The minimum Gasteiger partial charge on any atom is -0.446 e. The lowest BCUT2D eigenvalue weighted by Crippen LogP contribution is -2.50. The Balaban J connectivity index is 1.23. The van der Waals surface area contributed by atoms with E-state index >= 15 is 0 Å². The van der Waals surface area contributed by atoms with Crippen LogP contribution in [0.3, 0.4) is 0 Å². The van der Waals surface area contributed by atoms with E-state index < -0.39 is 44.8 Å². The summed E-state index contributed by atoms with van der Waals surface area (Å²) < 4.78 is 24.1. The smallest absolute Gasteiger partial charge is 0.356 e. The van der Waals surface area contributed by atoms with Gasteiger partial charge in [0, 0.05) is 21.6 Å². The van der Waals surface area contributed by atoms with Gasteiger partial charge in [0.25, 0.3) is 0 Å². The van der Waals surface area contributed by atoms with E-state index in [1.54, 1.807) is 12.1 Å². The molecule has 246 valence electrons. The largest absolute Gasteiger partial charge is 0.446 e. The molecular weight excluding hydrogens is 608 g/mol. The Morgan fingerprint density at radius 1 is 0.542 bits per heavy atom. The van der Waals surface area contributed by atoms with Gasteiger partial charge in [-0.2, -0.15) is 0 Å². The summed E-state index contributed by atoms with van der Waals surface area (Å²) in [7, 11) is 0. The molecule has 4 aromatic carbocycles. The molecule has 0 unspecified atom stereocenters. The molecule has 8 rings (SSSR count). The predicted molar refractivity (Wildman–Crippen MR) is 178 cm³/mol. The predicted octanol–water partition coefficient (Wildman–Crippen LogP) is 7.71. The maximum absolute atomic E-state index is 14.1. The van der Waals surface area contributed by atoms with Crippen LogP contribution in [0.5, 0.6) is 11.5 Å². The Morgan fingerprint density at radius 3 is 1.21 bits per heavy atom. The molecule has 2 heterocycles. The lowest BCUT2D eigenvalue weighted by Gasteiger charge is -2.34. The third kappa shape index (κ3) is 3.45. The van der Waals surface area contributed by atoms with Gasteiger partial charge in [-0.15, -0.1) is 0 Å². The van der Waals surface area contributed by atoms with Crippen molar-refractivity contribution in [3.63, 3.8) is 0 Å².